The number of imidazole rings is 1. The molecule has 3 aromatic rings. The van der Waals surface area contributed by atoms with Crippen LogP contribution in [0.15, 0.2) is 60.0 Å². The average Bonchev–Trinajstić information content (AvgIpc) is 2.96. The number of thioether (sulfide) groups is 1. The Morgan fingerprint density at radius 1 is 1.26 bits per heavy atom. The highest BCUT2D eigenvalue weighted by molar-refractivity contribution is 7.99. The molecule has 0 aliphatic carbocycles. The molecular weight excluding hydrogens is 306 g/mol. The predicted octanol–water partition coefficient (Wildman–Crippen LogP) is 4.19. The first kappa shape index (κ1) is 15.6. The van der Waals surface area contributed by atoms with Crippen LogP contribution in [0.5, 0.6) is 0 Å². The molecule has 0 radical (unpaired) electrons. The molecule has 118 valence electrons. The van der Waals surface area contributed by atoms with Gasteiger partial charge in [0.25, 0.3) is 0 Å². The fraction of sp³-hybridized carbons (Fsp3) is 0.222. The highest BCUT2D eigenvalue weighted by Gasteiger charge is 2.08. The van der Waals surface area contributed by atoms with Gasteiger partial charge < -0.3 is 5.32 Å². The van der Waals surface area contributed by atoms with Crippen molar-refractivity contribution in [3.63, 3.8) is 0 Å². The van der Waals surface area contributed by atoms with Crippen molar-refractivity contribution in [3.8, 4) is 0 Å². The molecule has 0 aliphatic heterocycles. The second kappa shape index (κ2) is 6.87. The summed E-state index contributed by atoms with van der Waals surface area (Å²) in [5.41, 5.74) is 3.09. The summed E-state index contributed by atoms with van der Waals surface area (Å²) in [7, 11) is 0. The first-order chi connectivity index (χ1) is 11.1. The lowest BCUT2D eigenvalue weighted by atomic mass is 10.0. The van der Waals surface area contributed by atoms with Gasteiger partial charge in [-0.25, -0.2) is 4.98 Å². The molecule has 0 spiro atoms. The van der Waals surface area contributed by atoms with E-state index in [0.717, 1.165) is 16.4 Å². The summed E-state index contributed by atoms with van der Waals surface area (Å²) in [6.07, 6.45) is 3.76. The van der Waals surface area contributed by atoms with Crippen molar-refractivity contribution in [2.75, 3.05) is 11.1 Å². The number of fused-ring (bicyclic) bond motifs is 1. The van der Waals surface area contributed by atoms with Gasteiger partial charge in [0.15, 0.2) is 5.16 Å². The SMILES string of the molecule is CC(C)c1cccc(NC(=O)CSc2ncc3ccccn23)c1. The molecule has 1 N–H and O–H groups in total. The van der Waals surface area contributed by atoms with E-state index in [4.69, 9.17) is 0 Å². The van der Waals surface area contributed by atoms with E-state index in [-0.39, 0.29) is 5.91 Å². The molecule has 1 aromatic carbocycles. The molecule has 4 nitrogen and oxygen atoms in total. The van der Waals surface area contributed by atoms with Crippen LogP contribution < -0.4 is 5.32 Å². The van der Waals surface area contributed by atoms with Crippen molar-refractivity contribution in [1.82, 2.24) is 9.38 Å². The van der Waals surface area contributed by atoms with E-state index in [2.05, 4.69) is 30.2 Å². The Hall–Kier alpha value is -2.27. The molecule has 3 rings (SSSR count). The highest BCUT2D eigenvalue weighted by atomic mass is 32.2. The zero-order chi connectivity index (χ0) is 16.2. The topological polar surface area (TPSA) is 46.4 Å². The van der Waals surface area contributed by atoms with Gasteiger partial charge in [-0.15, -0.1) is 0 Å². The third kappa shape index (κ3) is 3.74. The second-order valence-electron chi connectivity index (χ2n) is 5.65. The van der Waals surface area contributed by atoms with E-state index >= 15 is 0 Å². The van der Waals surface area contributed by atoms with Crippen LogP contribution in [-0.4, -0.2) is 21.0 Å². The van der Waals surface area contributed by atoms with Crippen LogP contribution in [0.4, 0.5) is 5.69 Å². The normalized spacial score (nSPS) is 11.1. The third-order valence-corrected chi connectivity index (χ3v) is 4.54. The molecule has 23 heavy (non-hydrogen) atoms. The number of carbonyl (C=O) groups is 1. The van der Waals surface area contributed by atoms with Crippen molar-refractivity contribution in [3.05, 3.63) is 60.4 Å². The Morgan fingerprint density at radius 3 is 2.96 bits per heavy atom. The van der Waals surface area contributed by atoms with Gasteiger partial charge in [-0.05, 0) is 35.7 Å². The number of nitrogens with zero attached hydrogens (tertiary/aromatic N) is 2. The van der Waals surface area contributed by atoms with Crippen LogP contribution in [0.3, 0.4) is 0 Å². The van der Waals surface area contributed by atoms with Crippen LogP contribution in [0.1, 0.15) is 25.3 Å². The lowest BCUT2D eigenvalue weighted by Gasteiger charge is -2.09. The van der Waals surface area contributed by atoms with E-state index in [1.54, 1.807) is 0 Å². The number of pyridine rings is 1. The summed E-state index contributed by atoms with van der Waals surface area (Å²) in [5, 5.41) is 3.78. The number of benzene rings is 1. The summed E-state index contributed by atoms with van der Waals surface area (Å²) in [5.74, 6) is 0.751. The third-order valence-electron chi connectivity index (χ3n) is 3.57. The van der Waals surface area contributed by atoms with Gasteiger partial charge in [-0.2, -0.15) is 0 Å². The molecule has 2 heterocycles. The minimum atomic E-state index is -0.0245. The summed E-state index contributed by atoms with van der Waals surface area (Å²) in [6, 6.07) is 13.9. The molecular formula is C18H19N3OS. The fourth-order valence-electron chi connectivity index (χ4n) is 2.33. The molecule has 0 unspecified atom stereocenters. The van der Waals surface area contributed by atoms with Crippen LogP contribution in [0.2, 0.25) is 0 Å². The standard InChI is InChI=1S/C18H19N3OS/c1-13(2)14-6-5-7-15(10-14)20-17(22)12-23-18-19-11-16-8-3-4-9-21(16)18/h3-11,13H,12H2,1-2H3,(H,20,22). The number of amides is 1. The van der Waals surface area contributed by atoms with Crippen LogP contribution in [-0.2, 0) is 4.79 Å². The Labute approximate surface area is 139 Å². The molecule has 5 heteroatoms. The molecule has 0 aliphatic rings. The van der Waals surface area contributed by atoms with Crippen molar-refractivity contribution in [2.45, 2.75) is 24.9 Å². The van der Waals surface area contributed by atoms with Crippen molar-refractivity contribution < 1.29 is 4.79 Å². The lowest BCUT2D eigenvalue weighted by molar-refractivity contribution is -0.113. The monoisotopic (exact) mass is 325 g/mol. The molecule has 0 fully saturated rings. The maximum absolute atomic E-state index is 12.2. The Balaban J connectivity index is 1.62. The molecule has 0 saturated heterocycles. The zero-order valence-corrected chi connectivity index (χ0v) is 14.0. The minimum absolute atomic E-state index is 0.0245. The number of hydrogen-bond acceptors (Lipinski definition) is 3. The highest BCUT2D eigenvalue weighted by Crippen LogP contribution is 2.20. The predicted molar refractivity (Wildman–Crippen MR) is 95.1 cm³/mol. The zero-order valence-electron chi connectivity index (χ0n) is 13.2. The van der Waals surface area contributed by atoms with Gasteiger partial charge in [0.2, 0.25) is 5.91 Å². The van der Waals surface area contributed by atoms with Crippen molar-refractivity contribution in [1.29, 1.82) is 0 Å². The first-order valence-corrected chi connectivity index (χ1v) is 8.57. The summed E-state index contributed by atoms with van der Waals surface area (Å²) in [4.78, 5) is 16.5. The largest absolute Gasteiger partial charge is 0.325 e. The molecule has 0 saturated carbocycles. The van der Waals surface area contributed by atoms with E-state index in [1.165, 1.54) is 17.3 Å². The van der Waals surface area contributed by atoms with Gasteiger partial charge in [0.1, 0.15) is 0 Å². The average molecular weight is 325 g/mol. The maximum atomic E-state index is 12.2. The number of anilines is 1. The Bertz CT molecular complexity index is 826. The molecule has 1 amide bonds. The first-order valence-electron chi connectivity index (χ1n) is 7.58. The second-order valence-corrected chi connectivity index (χ2v) is 6.60. The van der Waals surface area contributed by atoms with Crippen LogP contribution in [0.25, 0.3) is 5.52 Å². The van der Waals surface area contributed by atoms with Crippen molar-refractivity contribution in [2.24, 2.45) is 0 Å². The van der Waals surface area contributed by atoms with Gasteiger partial charge in [-0.1, -0.05) is 43.8 Å². The number of rotatable bonds is 5. The summed E-state index contributed by atoms with van der Waals surface area (Å²) >= 11 is 1.43. The molecule has 0 atom stereocenters. The van der Waals surface area contributed by atoms with E-state index in [9.17, 15) is 4.79 Å². The van der Waals surface area contributed by atoms with Crippen LogP contribution >= 0.6 is 11.8 Å². The maximum Gasteiger partial charge on any atom is 0.234 e. The van der Waals surface area contributed by atoms with E-state index in [0.29, 0.717) is 11.7 Å². The van der Waals surface area contributed by atoms with Gasteiger partial charge >= 0.3 is 0 Å². The fourth-order valence-corrected chi connectivity index (χ4v) is 3.09. The lowest BCUT2D eigenvalue weighted by Crippen LogP contribution is -2.14. The number of hydrogen-bond donors (Lipinski definition) is 1. The number of aromatic nitrogens is 2. The van der Waals surface area contributed by atoms with Gasteiger partial charge in [0, 0.05) is 11.9 Å². The van der Waals surface area contributed by atoms with E-state index < -0.39 is 0 Å². The van der Waals surface area contributed by atoms with Gasteiger partial charge in [-0.3, -0.25) is 9.20 Å². The summed E-state index contributed by atoms with van der Waals surface area (Å²) < 4.78 is 1.98. The smallest absolute Gasteiger partial charge is 0.234 e. The minimum Gasteiger partial charge on any atom is -0.325 e. The van der Waals surface area contributed by atoms with E-state index in [1.807, 2.05) is 53.2 Å². The van der Waals surface area contributed by atoms with Crippen LogP contribution in [0, 0.1) is 0 Å². The van der Waals surface area contributed by atoms with Gasteiger partial charge in [0.05, 0.1) is 17.5 Å². The number of nitrogens with one attached hydrogen (secondary N) is 1. The Kier molecular flexibility index (Phi) is 4.67. The summed E-state index contributed by atoms with van der Waals surface area (Å²) in [6.45, 7) is 4.28. The van der Waals surface area contributed by atoms with Crippen molar-refractivity contribution >= 4 is 28.9 Å². The molecule has 0 bridgehead atoms. The quantitative estimate of drug-likeness (QED) is 0.716. The Morgan fingerprint density at radius 2 is 2.13 bits per heavy atom. The number of carbonyl (C=O) groups excluding carboxylic acids is 1. The molecule has 2 aromatic heterocycles.